The van der Waals surface area contributed by atoms with Gasteiger partial charge in [0.05, 0.1) is 6.61 Å². The van der Waals surface area contributed by atoms with E-state index in [1.165, 1.54) is 25.7 Å². The first-order valence-electron chi connectivity index (χ1n) is 9.56. The Labute approximate surface area is 145 Å². The van der Waals surface area contributed by atoms with Crippen LogP contribution >= 0.6 is 0 Å². The van der Waals surface area contributed by atoms with Crippen molar-refractivity contribution in [2.75, 3.05) is 13.7 Å². The summed E-state index contributed by atoms with van der Waals surface area (Å²) in [6.07, 6.45) is 5.30. The normalized spacial score (nSPS) is 37.1. The van der Waals surface area contributed by atoms with Crippen LogP contribution in [-0.2, 0) is 21.4 Å². The maximum absolute atomic E-state index is 11.6. The van der Waals surface area contributed by atoms with Gasteiger partial charge in [-0.15, -0.1) is 0 Å². The van der Waals surface area contributed by atoms with E-state index in [-0.39, 0.29) is 5.97 Å². The first-order valence-corrected chi connectivity index (χ1v) is 9.56. The fourth-order valence-corrected chi connectivity index (χ4v) is 6.02. The number of hydrogen-bond donors (Lipinski definition) is 0. The summed E-state index contributed by atoms with van der Waals surface area (Å²) in [5.74, 6) is 1.13. The molecule has 5 rings (SSSR count). The molecule has 3 heteroatoms. The van der Waals surface area contributed by atoms with Crippen LogP contribution in [-0.4, -0.2) is 36.6 Å². The van der Waals surface area contributed by atoms with E-state index in [2.05, 4.69) is 43.1 Å². The molecule has 24 heavy (non-hydrogen) atoms. The van der Waals surface area contributed by atoms with Crippen LogP contribution in [0.2, 0.25) is 0 Å². The van der Waals surface area contributed by atoms with E-state index >= 15 is 0 Å². The van der Waals surface area contributed by atoms with Crippen molar-refractivity contribution in [3.63, 3.8) is 0 Å². The van der Waals surface area contributed by atoms with E-state index < -0.39 is 0 Å². The van der Waals surface area contributed by atoms with Gasteiger partial charge in [-0.1, -0.05) is 38.1 Å². The number of carbonyl (C=O) groups is 1. The van der Waals surface area contributed by atoms with E-state index in [0.717, 1.165) is 0 Å². The summed E-state index contributed by atoms with van der Waals surface area (Å²) in [5.41, 5.74) is 3.50. The van der Waals surface area contributed by atoms with Gasteiger partial charge in [-0.05, 0) is 49.8 Å². The van der Waals surface area contributed by atoms with E-state index in [1.54, 1.807) is 11.1 Å². The molecule has 5 atom stereocenters. The van der Waals surface area contributed by atoms with Crippen LogP contribution in [0.1, 0.15) is 50.7 Å². The van der Waals surface area contributed by atoms with Crippen molar-refractivity contribution in [2.45, 2.75) is 63.5 Å². The first kappa shape index (κ1) is 16.1. The molecule has 3 nitrogen and oxygen atoms in total. The lowest BCUT2D eigenvalue weighted by atomic mass is 9.48. The van der Waals surface area contributed by atoms with Gasteiger partial charge in [0.2, 0.25) is 0 Å². The lowest BCUT2D eigenvalue weighted by Gasteiger charge is -2.65. The summed E-state index contributed by atoms with van der Waals surface area (Å²) in [4.78, 5) is 14.2. The van der Waals surface area contributed by atoms with E-state index in [0.29, 0.717) is 42.4 Å². The highest BCUT2D eigenvalue weighted by Crippen LogP contribution is 2.59. The molecule has 1 aromatic carbocycles. The maximum Gasteiger partial charge on any atom is 0.305 e. The number of piperidine rings is 2. The highest BCUT2D eigenvalue weighted by Gasteiger charge is 2.59. The van der Waals surface area contributed by atoms with Crippen LogP contribution in [0.25, 0.3) is 0 Å². The second-order valence-corrected chi connectivity index (χ2v) is 8.01. The zero-order valence-corrected chi connectivity index (χ0v) is 15.1. The van der Waals surface area contributed by atoms with Crippen molar-refractivity contribution < 1.29 is 9.53 Å². The number of carbonyl (C=O) groups excluding carboxylic acids is 1. The fourth-order valence-electron chi connectivity index (χ4n) is 6.02. The second kappa shape index (κ2) is 5.87. The molecular formula is C21H29NO2. The Morgan fingerprint density at radius 3 is 2.83 bits per heavy atom. The molecule has 0 aromatic heterocycles. The van der Waals surface area contributed by atoms with Gasteiger partial charge in [-0.3, -0.25) is 9.69 Å². The molecule has 3 fully saturated rings. The van der Waals surface area contributed by atoms with Crippen LogP contribution in [0.15, 0.2) is 24.3 Å². The lowest BCUT2D eigenvalue weighted by Crippen LogP contribution is -2.68. The van der Waals surface area contributed by atoms with Gasteiger partial charge in [0.15, 0.2) is 0 Å². The number of likely N-dealkylation sites (N-methyl/N-ethyl adjacent to an activating group) is 1. The Morgan fingerprint density at radius 1 is 1.29 bits per heavy atom. The van der Waals surface area contributed by atoms with E-state index in [9.17, 15) is 4.79 Å². The summed E-state index contributed by atoms with van der Waals surface area (Å²) in [6.45, 7) is 4.84. The van der Waals surface area contributed by atoms with Crippen molar-refractivity contribution in [3.05, 3.63) is 35.4 Å². The number of benzene rings is 1. The number of rotatable bonds is 4. The molecule has 4 bridgehead atoms. The highest BCUT2D eigenvalue weighted by molar-refractivity contribution is 5.68. The Balaban J connectivity index is 1.65. The quantitative estimate of drug-likeness (QED) is 0.792. The van der Waals surface area contributed by atoms with Crippen molar-refractivity contribution in [3.8, 4) is 0 Å². The molecule has 4 aliphatic rings. The molecule has 0 N–H and O–H groups in total. The van der Waals surface area contributed by atoms with Crippen molar-refractivity contribution in [2.24, 2.45) is 11.8 Å². The molecule has 4 unspecified atom stereocenters. The zero-order chi connectivity index (χ0) is 16.9. The molecule has 130 valence electrons. The summed E-state index contributed by atoms with van der Waals surface area (Å²) in [6, 6.07) is 10.3. The predicted octanol–water partition coefficient (Wildman–Crippen LogP) is 3.55. The molecule has 0 spiro atoms. The molecule has 2 aliphatic carbocycles. The van der Waals surface area contributed by atoms with Crippen LogP contribution < -0.4 is 0 Å². The van der Waals surface area contributed by atoms with Crippen LogP contribution in [0.4, 0.5) is 0 Å². The SMILES string of the molecule is CCC(=O)OCC1CC2C3Cc4ccccc4[C@]2(CC)CC1N3C. The van der Waals surface area contributed by atoms with E-state index in [4.69, 9.17) is 4.74 Å². The van der Waals surface area contributed by atoms with Gasteiger partial charge in [0.1, 0.15) is 0 Å². The topological polar surface area (TPSA) is 29.5 Å². The van der Waals surface area contributed by atoms with Crippen LogP contribution in [0.3, 0.4) is 0 Å². The number of fused-ring (bicyclic) bond motifs is 2. The highest BCUT2D eigenvalue weighted by atomic mass is 16.5. The number of ether oxygens (including phenoxy) is 1. The number of hydrogen-bond acceptors (Lipinski definition) is 3. The third-order valence-corrected chi connectivity index (χ3v) is 7.26. The molecule has 2 saturated heterocycles. The number of nitrogens with zero attached hydrogens (tertiary/aromatic N) is 1. The lowest BCUT2D eigenvalue weighted by molar-refractivity contribution is -0.152. The Morgan fingerprint density at radius 2 is 2.08 bits per heavy atom. The minimum Gasteiger partial charge on any atom is -0.465 e. The average Bonchev–Trinajstić information content (AvgIpc) is 2.62. The van der Waals surface area contributed by atoms with Gasteiger partial charge >= 0.3 is 5.97 Å². The number of esters is 1. The molecule has 0 radical (unpaired) electrons. The molecule has 1 saturated carbocycles. The van der Waals surface area contributed by atoms with Crippen LogP contribution in [0, 0.1) is 11.8 Å². The van der Waals surface area contributed by atoms with Gasteiger partial charge in [-0.25, -0.2) is 0 Å². The Hall–Kier alpha value is -1.35. The molecule has 2 aliphatic heterocycles. The van der Waals surface area contributed by atoms with Gasteiger partial charge in [-0.2, -0.15) is 0 Å². The van der Waals surface area contributed by atoms with Crippen molar-refractivity contribution in [1.29, 1.82) is 0 Å². The minimum atomic E-state index is -0.0603. The van der Waals surface area contributed by atoms with Crippen LogP contribution in [0.5, 0.6) is 0 Å². The zero-order valence-electron chi connectivity index (χ0n) is 15.1. The van der Waals surface area contributed by atoms with Gasteiger partial charge < -0.3 is 4.74 Å². The Bertz CT molecular complexity index is 642. The molecule has 0 amide bonds. The van der Waals surface area contributed by atoms with E-state index in [1.807, 2.05) is 6.92 Å². The maximum atomic E-state index is 11.6. The average molecular weight is 327 g/mol. The van der Waals surface area contributed by atoms with Crippen molar-refractivity contribution >= 4 is 5.97 Å². The first-order chi connectivity index (χ1) is 11.6. The second-order valence-electron chi connectivity index (χ2n) is 8.01. The third kappa shape index (κ3) is 2.17. The summed E-state index contributed by atoms with van der Waals surface area (Å²) < 4.78 is 5.52. The fraction of sp³-hybridized carbons (Fsp3) is 0.667. The third-order valence-electron chi connectivity index (χ3n) is 7.26. The summed E-state index contributed by atoms with van der Waals surface area (Å²) in [7, 11) is 2.30. The summed E-state index contributed by atoms with van der Waals surface area (Å²) >= 11 is 0. The van der Waals surface area contributed by atoms with Gasteiger partial charge in [0.25, 0.3) is 0 Å². The van der Waals surface area contributed by atoms with Crippen molar-refractivity contribution in [1.82, 2.24) is 4.90 Å². The minimum absolute atomic E-state index is 0.0603. The monoisotopic (exact) mass is 327 g/mol. The predicted molar refractivity (Wildman–Crippen MR) is 94.9 cm³/mol. The molecule has 2 heterocycles. The molecular weight excluding hydrogens is 298 g/mol. The largest absolute Gasteiger partial charge is 0.465 e. The smallest absolute Gasteiger partial charge is 0.305 e. The molecule has 1 aromatic rings. The standard InChI is InChI=1S/C21H29NO2/c1-4-20(23)24-13-15-10-17-18-11-14-8-6-7-9-16(14)21(17,5-2)12-19(15)22(18)3/h6-9,15,17-19H,4-5,10-13H2,1-3H3/t15?,17?,18?,19?,21-/m0/s1. The summed E-state index contributed by atoms with van der Waals surface area (Å²) in [5, 5.41) is 0. The Kier molecular flexibility index (Phi) is 3.95. The van der Waals surface area contributed by atoms with Gasteiger partial charge in [0, 0.05) is 29.8 Å².